The number of nitrogens with zero attached hydrogens (tertiary/aromatic N) is 3. The van der Waals surface area contributed by atoms with Crippen molar-refractivity contribution in [1.82, 2.24) is 13.9 Å². The highest BCUT2D eigenvalue weighted by Crippen LogP contribution is 2.36. The molecular weight excluding hydrogens is 486 g/mol. The van der Waals surface area contributed by atoms with Crippen molar-refractivity contribution in [3.8, 4) is 11.5 Å². The van der Waals surface area contributed by atoms with Crippen LogP contribution in [0.25, 0.3) is 11.0 Å². The van der Waals surface area contributed by atoms with Crippen LogP contribution in [0.4, 0.5) is 0 Å². The number of imidazole rings is 1. The van der Waals surface area contributed by atoms with Gasteiger partial charge < -0.3 is 18.8 Å². The molecule has 2 aliphatic heterocycles. The summed E-state index contributed by atoms with van der Waals surface area (Å²) in [6, 6.07) is 11.1. The molecule has 0 radical (unpaired) electrons. The molecule has 3 heterocycles. The Hall–Kier alpha value is -2.27. The van der Waals surface area contributed by atoms with E-state index in [9.17, 15) is 8.42 Å². The number of sulfonamides is 1. The van der Waals surface area contributed by atoms with E-state index in [1.54, 1.807) is 42.4 Å². The molecule has 2 fully saturated rings. The van der Waals surface area contributed by atoms with Crippen LogP contribution in [0.15, 0.2) is 46.5 Å². The minimum absolute atomic E-state index is 0.131. The minimum atomic E-state index is -3.51. The number of benzene rings is 2. The first kappa shape index (κ1) is 24.4. The van der Waals surface area contributed by atoms with Crippen LogP contribution in [0.1, 0.15) is 31.2 Å². The van der Waals surface area contributed by atoms with Gasteiger partial charge in [0.1, 0.15) is 0 Å². The van der Waals surface area contributed by atoms with Gasteiger partial charge in [0.05, 0.1) is 42.8 Å². The molecule has 35 heavy (non-hydrogen) atoms. The van der Waals surface area contributed by atoms with Crippen LogP contribution < -0.4 is 9.47 Å². The van der Waals surface area contributed by atoms with Crippen molar-refractivity contribution in [1.29, 1.82) is 0 Å². The zero-order chi connectivity index (χ0) is 24.4. The largest absolute Gasteiger partial charge is 0.493 e. The lowest BCUT2D eigenvalue weighted by Gasteiger charge is -2.16. The Morgan fingerprint density at radius 2 is 1.94 bits per heavy atom. The topological polar surface area (TPSA) is 82.9 Å². The van der Waals surface area contributed by atoms with E-state index in [0.717, 1.165) is 48.5 Å². The summed E-state index contributed by atoms with van der Waals surface area (Å²) < 4.78 is 46.9. The normalized spacial score (nSPS) is 19.0. The molecule has 10 heteroatoms. The van der Waals surface area contributed by atoms with Crippen LogP contribution >= 0.6 is 11.8 Å². The maximum absolute atomic E-state index is 13.1. The quantitative estimate of drug-likeness (QED) is 0.391. The third-order valence-corrected chi connectivity index (χ3v) is 9.56. The Kier molecular flexibility index (Phi) is 7.24. The number of fused-ring (bicyclic) bond motifs is 1. The molecule has 0 N–H and O–H groups in total. The highest BCUT2D eigenvalue weighted by atomic mass is 32.2. The lowest BCUT2D eigenvalue weighted by atomic mass is 10.2. The van der Waals surface area contributed by atoms with Crippen LogP contribution in [0.2, 0.25) is 0 Å². The van der Waals surface area contributed by atoms with Crippen molar-refractivity contribution in [2.75, 3.05) is 33.9 Å². The molecule has 0 saturated carbocycles. The Bertz CT molecular complexity index is 1300. The summed E-state index contributed by atoms with van der Waals surface area (Å²) in [5.41, 5.74) is 2.61. The molecule has 0 unspecified atom stereocenters. The van der Waals surface area contributed by atoms with E-state index >= 15 is 0 Å². The van der Waals surface area contributed by atoms with E-state index in [4.69, 9.17) is 19.2 Å². The summed E-state index contributed by atoms with van der Waals surface area (Å²) in [7, 11) is -0.237. The van der Waals surface area contributed by atoms with Crippen LogP contribution in [0.3, 0.4) is 0 Å². The van der Waals surface area contributed by atoms with Gasteiger partial charge in [-0.05, 0) is 49.9 Å². The van der Waals surface area contributed by atoms with E-state index in [-0.39, 0.29) is 6.10 Å². The number of aromatic nitrogens is 2. The molecule has 0 amide bonds. The van der Waals surface area contributed by atoms with Crippen molar-refractivity contribution < 1.29 is 22.6 Å². The monoisotopic (exact) mass is 517 g/mol. The zero-order valence-corrected chi connectivity index (χ0v) is 21.7. The molecule has 0 aliphatic carbocycles. The molecule has 188 valence electrons. The molecular formula is C25H31N3O5S2. The van der Waals surface area contributed by atoms with Crippen LogP contribution in [0.5, 0.6) is 11.5 Å². The van der Waals surface area contributed by atoms with Crippen LogP contribution in [-0.4, -0.2) is 62.3 Å². The van der Waals surface area contributed by atoms with Crippen molar-refractivity contribution in [3.05, 3.63) is 42.0 Å². The van der Waals surface area contributed by atoms with Gasteiger partial charge in [-0.2, -0.15) is 4.31 Å². The summed E-state index contributed by atoms with van der Waals surface area (Å²) in [6.45, 7) is 2.62. The molecule has 5 rings (SSSR count). The summed E-state index contributed by atoms with van der Waals surface area (Å²) in [6.07, 6.45) is 4.01. The first-order valence-electron chi connectivity index (χ1n) is 12.0. The molecule has 1 aromatic heterocycles. The maximum Gasteiger partial charge on any atom is 0.243 e. The zero-order valence-electron chi connectivity index (χ0n) is 20.1. The van der Waals surface area contributed by atoms with Crippen LogP contribution in [0, 0.1) is 0 Å². The molecule has 1 atom stereocenters. The third kappa shape index (κ3) is 4.89. The molecule has 2 saturated heterocycles. The molecule has 8 nitrogen and oxygen atoms in total. The van der Waals surface area contributed by atoms with Crippen molar-refractivity contribution >= 4 is 32.8 Å². The summed E-state index contributed by atoms with van der Waals surface area (Å²) in [4.78, 5) is 5.19. The summed E-state index contributed by atoms with van der Waals surface area (Å²) in [5, 5.41) is 0.830. The lowest BCUT2D eigenvalue weighted by molar-refractivity contribution is 0.0960. The number of hydrogen-bond donors (Lipinski definition) is 0. The van der Waals surface area contributed by atoms with Gasteiger partial charge in [0.15, 0.2) is 16.7 Å². The predicted octanol–water partition coefficient (Wildman–Crippen LogP) is 4.31. The SMILES string of the molecule is COc1cccc(CSc2nc3cc(S(=O)(=O)N4CCCC4)ccc3n2C[C@@H]2CCCO2)c1OC. The second kappa shape index (κ2) is 10.4. The number of hydrogen-bond acceptors (Lipinski definition) is 7. The Labute approximate surface area is 210 Å². The fraction of sp³-hybridized carbons (Fsp3) is 0.480. The number of ether oxygens (including phenoxy) is 3. The Morgan fingerprint density at radius 1 is 1.11 bits per heavy atom. The van der Waals surface area contributed by atoms with E-state index in [1.807, 2.05) is 24.3 Å². The second-order valence-corrected chi connectivity index (χ2v) is 11.7. The highest BCUT2D eigenvalue weighted by Gasteiger charge is 2.28. The standard InChI is InChI=1S/C25H31N3O5S2/c1-31-23-9-5-7-18(24(23)32-2)17-34-25-26-21-15-20(35(29,30)27-12-3-4-13-27)10-11-22(21)28(25)16-19-8-6-14-33-19/h5,7,9-11,15,19H,3-4,6,8,12-14,16-17H2,1-2H3/t19-/m0/s1. The first-order chi connectivity index (χ1) is 17.0. The predicted molar refractivity (Wildman–Crippen MR) is 136 cm³/mol. The van der Waals surface area contributed by atoms with Crippen molar-refractivity contribution in [2.45, 2.75) is 54.1 Å². The van der Waals surface area contributed by atoms with E-state index in [1.165, 1.54) is 0 Å². The fourth-order valence-electron chi connectivity index (χ4n) is 4.81. The van der Waals surface area contributed by atoms with Gasteiger partial charge in [-0.3, -0.25) is 0 Å². The summed E-state index contributed by atoms with van der Waals surface area (Å²) >= 11 is 1.60. The van der Waals surface area contributed by atoms with Gasteiger partial charge in [-0.1, -0.05) is 23.9 Å². The summed E-state index contributed by atoms with van der Waals surface area (Å²) in [5.74, 6) is 2.03. The number of methoxy groups -OCH3 is 2. The van der Waals surface area contributed by atoms with Crippen LogP contribution in [-0.2, 0) is 27.1 Å². The van der Waals surface area contributed by atoms with E-state index in [0.29, 0.717) is 47.3 Å². The van der Waals surface area contributed by atoms with Gasteiger partial charge in [0, 0.05) is 31.0 Å². The van der Waals surface area contributed by atoms with Crippen molar-refractivity contribution in [2.24, 2.45) is 0 Å². The molecule has 0 spiro atoms. The van der Waals surface area contributed by atoms with E-state index < -0.39 is 10.0 Å². The van der Waals surface area contributed by atoms with Crippen molar-refractivity contribution in [3.63, 3.8) is 0 Å². The molecule has 0 bridgehead atoms. The van der Waals surface area contributed by atoms with Gasteiger partial charge in [0.2, 0.25) is 10.0 Å². The highest BCUT2D eigenvalue weighted by molar-refractivity contribution is 7.98. The lowest BCUT2D eigenvalue weighted by Crippen LogP contribution is -2.27. The van der Waals surface area contributed by atoms with Gasteiger partial charge in [-0.15, -0.1) is 0 Å². The van der Waals surface area contributed by atoms with E-state index in [2.05, 4.69) is 4.57 Å². The Morgan fingerprint density at radius 3 is 2.66 bits per heavy atom. The number of para-hydroxylation sites is 1. The number of thioether (sulfide) groups is 1. The molecule has 3 aromatic rings. The average Bonchev–Trinajstić information content (AvgIpc) is 3.64. The molecule has 2 aliphatic rings. The second-order valence-electron chi connectivity index (χ2n) is 8.84. The fourth-order valence-corrected chi connectivity index (χ4v) is 7.35. The minimum Gasteiger partial charge on any atom is -0.493 e. The van der Waals surface area contributed by atoms with Gasteiger partial charge >= 0.3 is 0 Å². The number of rotatable bonds is 9. The smallest absolute Gasteiger partial charge is 0.243 e. The van der Waals surface area contributed by atoms with Gasteiger partial charge in [-0.25, -0.2) is 13.4 Å². The average molecular weight is 518 g/mol. The maximum atomic E-state index is 13.1. The Balaban J connectivity index is 1.49. The van der Waals surface area contributed by atoms with Gasteiger partial charge in [0.25, 0.3) is 0 Å². The first-order valence-corrected chi connectivity index (χ1v) is 14.4. The molecule has 2 aromatic carbocycles. The third-order valence-electron chi connectivity index (χ3n) is 6.64.